The van der Waals surface area contributed by atoms with Gasteiger partial charge >= 0.3 is 0 Å². The van der Waals surface area contributed by atoms with Gasteiger partial charge in [-0.05, 0) is 11.8 Å². The minimum absolute atomic E-state index is 0. The van der Waals surface area contributed by atoms with Crippen molar-refractivity contribution in [2.24, 2.45) is 11.7 Å². The Labute approximate surface area is 131 Å². The first kappa shape index (κ1) is 17.3. The third-order valence-electron chi connectivity index (χ3n) is 3.74. The molecule has 1 aliphatic heterocycles. The van der Waals surface area contributed by atoms with E-state index in [0.717, 1.165) is 12.3 Å². The van der Waals surface area contributed by atoms with Gasteiger partial charge in [0.15, 0.2) is 0 Å². The topological polar surface area (TPSA) is 46.3 Å². The van der Waals surface area contributed by atoms with Crippen LogP contribution in [0.1, 0.15) is 18.4 Å². The number of hydrogen-bond acceptors (Lipinski definition) is 3. The summed E-state index contributed by atoms with van der Waals surface area (Å²) in [6.07, 6.45) is 2.03. The van der Waals surface area contributed by atoms with Crippen molar-refractivity contribution in [2.75, 3.05) is 25.1 Å². The van der Waals surface area contributed by atoms with Gasteiger partial charge in [0, 0.05) is 36.7 Å². The molecule has 1 aromatic rings. The first-order chi connectivity index (χ1) is 9.13. The number of rotatable bonds is 4. The largest absolute Gasteiger partial charge is 0.340 e. The fourth-order valence-electron chi connectivity index (χ4n) is 2.69. The quantitative estimate of drug-likeness (QED) is 0.928. The van der Waals surface area contributed by atoms with E-state index in [9.17, 15) is 4.79 Å². The van der Waals surface area contributed by atoms with Gasteiger partial charge in [-0.1, -0.05) is 37.3 Å². The lowest BCUT2D eigenvalue weighted by molar-refractivity contribution is -0.133. The van der Waals surface area contributed by atoms with Crippen molar-refractivity contribution in [1.29, 1.82) is 0 Å². The minimum Gasteiger partial charge on any atom is -0.340 e. The summed E-state index contributed by atoms with van der Waals surface area (Å²) in [6.45, 7) is 3.43. The molecule has 0 aromatic heterocycles. The number of amides is 1. The van der Waals surface area contributed by atoms with Crippen LogP contribution >= 0.6 is 24.2 Å². The van der Waals surface area contributed by atoms with Gasteiger partial charge in [0.25, 0.3) is 0 Å². The van der Waals surface area contributed by atoms with E-state index >= 15 is 0 Å². The summed E-state index contributed by atoms with van der Waals surface area (Å²) in [7, 11) is 0. The molecule has 1 aromatic carbocycles. The fraction of sp³-hybridized carbons (Fsp3) is 0.533. The Balaban J connectivity index is 0.00000200. The van der Waals surface area contributed by atoms with E-state index in [1.807, 2.05) is 36.3 Å². The summed E-state index contributed by atoms with van der Waals surface area (Å²) in [5, 5.41) is 0. The number of nitrogens with two attached hydrogens (primary N) is 1. The maximum atomic E-state index is 12.3. The molecule has 20 heavy (non-hydrogen) atoms. The number of carbonyl (C=O) groups excluding carboxylic acids is 1. The number of halogens is 1. The molecule has 0 aliphatic carbocycles. The summed E-state index contributed by atoms with van der Waals surface area (Å²) in [4.78, 5) is 14.2. The molecule has 1 unspecified atom stereocenters. The van der Waals surface area contributed by atoms with Gasteiger partial charge in [0.05, 0.1) is 0 Å². The van der Waals surface area contributed by atoms with Crippen molar-refractivity contribution in [1.82, 2.24) is 4.90 Å². The first-order valence-electron chi connectivity index (χ1n) is 6.71. The molecule has 1 aliphatic rings. The summed E-state index contributed by atoms with van der Waals surface area (Å²) >= 11 is 1.72. The van der Waals surface area contributed by atoms with Gasteiger partial charge in [-0.3, -0.25) is 4.79 Å². The Morgan fingerprint density at radius 2 is 2.05 bits per heavy atom. The predicted molar refractivity (Wildman–Crippen MR) is 88.5 cm³/mol. The Bertz CT molecular complexity index is 429. The summed E-state index contributed by atoms with van der Waals surface area (Å²) in [5.41, 5.74) is 7.45. The highest BCUT2D eigenvalue weighted by Gasteiger charge is 2.35. The van der Waals surface area contributed by atoms with Crippen molar-refractivity contribution < 1.29 is 4.79 Å². The Morgan fingerprint density at radius 1 is 1.40 bits per heavy atom. The highest BCUT2D eigenvalue weighted by atomic mass is 35.5. The van der Waals surface area contributed by atoms with Crippen LogP contribution in [0.2, 0.25) is 0 Å². The van der Waals surface area contributed by atoms with Crippen LogP contribution in [-0.2, 0) is 4.79 Å². The lowest BCUT2D eigenvalue weighted by Gasteiger charge is -2.20. The molecule has 0 spiro atoms. The van der Waals surface area contributed by atoms with E-state index in [1.165, 1.54) is 5.56 Å². The molecule has 112 valence electrons. The molecule has 1 fully saturated rings. The van der Waals surface area contributed by atoms with Crippen molar-refractivity contribution in [3.8, 4) is 0 Å². The normalized spacial score (nSPS) is 23.2. The van der Waals surface area contributed by atoms with Crippen molar-refractivity contribution in [3.05, 3.63) is 35.9 Å². The van der Waals surface area contributed by atoms with Crippen LogP contribution in [0.4, 0.5) is 0 Å². The van der Waals surface area contributed by atoms with Crippen LogP contribution < -0.4 is 5.73 Å². The number of hydrogen-bond donors (Lipinski definition) is 1. The van der Waals surface area contributed by atoms with Crippen molar-refractivity contribution >= 4 is 30.1 Å². The average molecular weight is 315 g/mol. The van der Waals surface area contributed by atoms with Crippen LogP contribution in [0.25, 0.3) is 0 Å². The molecule has 0 saturated carbocycles. The zero-order chi connectivity index (χ0) is 13.8. The number of likely N-dealkylation sites (tertiary alicyclic amines) is 1. The second-order valence-electron chi connectivity index (χ2n) is 5.28. The molecule has 1 heterocycles. The second-order valence-corrected chi connectivity index (χ2v) is 6.19. The monoisotopic (exact) mass is 314 g/mol. The zero-order valence-corrected chi connectivity index (χ0v) is 13.6. The van der Waals surface area contributed by atoms with E-state index in [1.54, 1.807) is 11.8 Å². The lowest BCUT2D eigenvalue weighted by Crippen LogP contribution is -2.36. The van der Waals surface area contributed by atoms with Crippen LogP contribution in [-0.4, -0.2) is 41.9 Å². The standard InChI is InChI=1S/C15H22N2OS.ClH/c1-11(10-19-2)15(18)17-8-13(14(16)9-17)12-6-4-3-5-7-12;/h3-7,11,13-14H,8-10,16H2,1-2H3;1H/t11?,13-,14+;/m0./s1. The molecule has 3 nitrogen and oxygen atoms in total. The van der Waals surface area contributed by atoms with Crippen LogP contribution in [0.15, 0.2) is 30.3 Å². The van der Waals surface area contributed by atoms with Gasteiger partial charge in [-0.25, -0.2) is 0 Å². The maximum absolute atomic E-state index is 12.3. The molecule has 2 N–H and O–H groups in total. The predicted octanol–water partition coefficient (Wildman–Crippen LogP) is 2.36. The molecular formula is C15H23ClN2OS. The average Bonchev–Trinajstić information content (AvgIpc) is 2.81. The number of benzene rings is 1. The van der Waals surface area contributed by atoms with Crippen molar-refractivity contribution in [3.63, 3.8) is 0 Å². The van der Waals surface area contributed by atoms with E-state index in [2.05, 4.69) is 12.1 Å². The van der Waals surface area contributed by atoms with Gasteiger partial charge in [-0.2, -0.15) is 11.8 Å². The fourth-order valence-corrected chi connectivity index (χ4v) is 3.34. The molecule has 1 saturated heterocycles. The Hall–Kier alpha value is -0.710. The summed E-state index contributed by atoms with van der Waals surface area (Å²) in [5.74, 6) is 1.47. The summed E-state index contributed by atoms with van der Waals surface area (Å²) in [6, 6.07) is 10.3. The van der Waals surface area contributed by atoms with Gasteiger partial charge in [0.2, 0.25) is 5.91 Å². The highest BCUT2D eigenvalue weighted by Crippen LogP contribution is 2.27. The molecule has 1 amide bonds. The van der Waals surface area contributed by atoms with Crippen LogP contribution in [0, 0.1) is 5.92 Å². The second kappa shape index (κ2) is 7.91. The SMILES string of the molecule is CSCC(C)C(=O)N1C[C@@H](N)[C@H](c2ccccc2)C1.Cl. The summed E-state index contributed by atoms with van der Waals surface area (Å²) < 4.78 is 0. The molecule has 0 bridgehead atoms. The lowest BCUT2D eigenvalue weighted by atomic mass is 9.95. The highest BCUT2D eigenvalue weighted by molar-refractivity contribution is 7.98. The number of nitrogens with zero attached hydrogens (tertiary/aromatic N) is 1. The zero-order valence-electron chi connectivity index (χ0n) is 12.0. The van der Waals surface area contributed by atoms with Crippen LogP contribution in [0.5, 0.6) is 0 Å². The van der Waals surface area contributed by atoms with E-state index < -0.39 is 0 Å². The molecule has 3 atom stereocenters. The van der Waals surface area contributed by atoms with Gasteiger partial charge in [0.1, 0.15) is 0 Å². The van der Waals surface area contributed by atoms with Crippen LogP contribution in [0.3, 0.4) is 0 Å². The maximum Gasteiger partial charge on any atom is 0.226 e. The molecular weight excluding hydrogens is 292 g/mol. The van der Waals surface area contributed by atoms with Gasteiger partial charge < -0.3 is 10.6 Å². The third kappa shape index (κ3) is 3.90. The van der Waals surface area contributed by atoms with E-state index in [-0.39, 0.29) is 36.2 Å². The Morgan fingerprint density at radius 3 is 2.65 bits per heavy atom. The van der Waals surface area contributed by atoms with E-state index in [4.69, 9.17) is 5.73 Å². The molecule has 0 radical (unpaired) electrons. The Kier molecular flexibility index (Phi) is 6.86. The number of thioether (sulfide) groups is 1. The van der Waals surface area contributed by atoms with E-state index in [0.29, 0.717) is 6.54 Å². The van der Waals surface area contributed by atoms with Crippen molar-refractivity contribution in [2.45, 2.75) is 18.9 Å². The molecule has 5 heteroatoms. The smallest absolute Gasteiger partial charge is 0.226 e. The molecule has 2 rings (SSSR count). The first-order valence-corrected chi connectivity index (χ1v) is 8.11. The third-order valence-corrected chi connectivity index (χ3v) is 4.58. The minimum atomic E-state index is 0. The van der Waals surface area contributed by atoms with Gasteiger partial charge in [-0.15, -0.1) is 12.4 Å². The number of carbonyl (C=O) groups is 1.